The van der Waals surface area contributed by atoms with E-state index in [1.54, 1.807) is 6.92 Å². The number of ether oxygens (including phenoxy) is 1. The predicted molar refractivity (Wildman–Crippen MR) is 77.0 cm³/mol. The molecule has 1 atom stereocenters. The Bertz CT molecular complexity index is 483. The summed E-state index contributed by atoms with van der Waals surface area (Å²) in [5.41, 5.74) is 4.64. The van der Waals surface area contributed by atoms with Crippen LogP contribution in [0.3, 0.4) is 0 Å². The third kappa shape index (κ3) is 5.30. The number of carbonyl (C=O) groups excluding carboxylic acids is 1. The Morgan fingerprint density at radius 2 is 2.10 bits per heavy atom. The molecule has 3 N–H and O–H groups in total. The molecule has 4 nitrogen and oxygen atoms in total. The van der Waals surface area contributed by atoms with Gasteiger partial charge in [-0.2, -0.15) is 0 Å². The number of unbranched alkanes of at least 4 members (excludes halogenated alkanes) is 1. The third-order valence-electron chi connectivity index (χ3n) is 3.33. The van der Waals surface area contributed by atoms with Gasteiger partial charge >= 0.3 is 0 Å². The van der Waals surface area contributed by atoms with Crippen molar-refractivity contribution in [1.82, 2.24) is 5.32 Å². The fraction of sp³-hybridized carbons (Fsp3) is 0.533. The Labute approximate surface area is 123 Å². The van der Waals surface area contributed by atoms with Crippen LogP contribution in [0.25, 0.3) is 0 Å². The van der Waals surface area contributed by atoms with Crippen LogP contribution in [0.2, 0.25) is 0 Å². The minimum Gasteiger partial charge on any atom is -0.491 e. The summed E-state index contributed by atoms with van der Waals surface area (Å²) < 4.78 is 31.3. The molecule has 6 heteroatoms. The molecule has 0 heterocycles. The summed E-state index contributed by atoms with van der Waals surface area (Å²) in [5.74, 6) is -1.72. The summed E-state index contributed by atoms with van der Waals surface area (Å²) in [5, 5.41) is 3.07. The van der Waals surface area contributed by atoms with E-state index in [0.717, 1.165) is 12.1 Å². The second-order valence-corrected chi connectivity index (χ2v) is 5.11. The van der Waals surface area contributed by atoms with Gasteiger partial charge in [-0.15, -0.1) is 0 Å². The number of nitrogens with one attached hydrogen (secondary N) is 1. The van der Waals surface area contributed by atoms with Crippen molar-refractivity contribution < 1.29 is 18.3 Å². The fourth-order valence-corrected chi connectivity index (χ4v) is 2.04. The van der Waals surface area contributed by atoms with E-state index in [2.05, 4.69) is 5.32 Å². The summed E-state index contributed by atoms with van der Waals surface area (Å²) in [6, 6.07) is 3.19. The second kappa shape index (κ2) is 7.93. The van der Waals surface area contributed by atoms with Crippen molar-refractivity contribution in [3.63, 3.8) is 0 Å². The third-order valence-corrected chi connectivity index (χ3v) is 3.33. The first-order chi connectivity index (χ1) is 9.89. The van der Waals surface area contributed by atoms with E-state index in [1.165, 1.54) is 6.07 Å². The molecule has 0 spiro atoms. The van der Waals surface area contributed by atoms with Gasteiger partial charge in [0.1, 0.15) is 5.82 Å². The molecule has 1 unspecified atom stereocenters. The topological polar surface area (TPSA) is 64.3 Å². The molecule has 1 aromatic carbocycles. The van der Waals surface area contributed by atoms with Gasteiger partial charge in [0, 0.05) is 6.07 Å². The summed E-state index contributed by atoms with van der Waals surface area (Å²) in [6.07, 6.45) is 1.92. The summed E-state index contributed by atoms with van der Waals surface area (Å²) in [7, 11) is 0. The highest BCUT2D eigenvalue weighted by Crippen LogP contribution is 2.19. The van der Waals surface area contributed by atoms with E-state index in [0.29, 0.717) is 32.4 Å². The lowest BCUT2D eigenvalue weighted by Gasteiger charge is -2.26. The maximum Gasteiger partial charge on any atom is 0.237 e. The highest BCUT2D eigenvalue weighted by molar-refractivity contribution is 5.84. The van der Waals surface area contributed by atoms with E-state index in [1.807, 2.05) is 6.92 Å². The number of benzene rings is 1. The van der Waals surface area contributed by atoms with Gasteiger partial charge in [-0.1, -0.05) is 6.92 Å². The monoisotopic (exact) mass is 300 g/mol. The molecule has 0 aromatic heterocycles. The van der Waals surface area contributed by atoms with Crippen molar-refractivity contribution in [2.75, 3.05) is 13.2 Å². The van der Waals surface area contributed by atoms with Crippen LogP contribution >= 0.6 is 0 Å². The first-order valence-electron chi connectivity index (χ1n) is 7.02. The molecule has 1 rings (SSSR count). The van der Waals surface area contributed by atoms with E-state index < -0.39 is 23.1 Å². The SMILES string of the molecule is CCNC(C)(CCCCOc1ccc(F)cc1F)C(N)=O. The van der Waals surface area contributed by atoms with E-state index in [4.69, 9.17) is 10.5 Å². The number of likely N-dealkylation sites (N-methyl/N-ethyl adjacent to an activating group) is 1. The Morgan fingerprint density at radius 1 is 1.38 bits per heavy atom. The highest BCUT2D eigenvalue weighted by Gasteiger charge is 2.28. The zero-order chi connectivity index (χ0) is 15.9. The van der Waals surface area contributed by atoms with Crippen molar-refractivity contribution in [3.05, 3.63) is 29.8 Å². The Kier molecular flexibility index (Phi) is 6.55. The first kappa shape index (κ1) is 17.4. The largest absolute Gasteiger partial charge is 0.491 e. The maximum atomic E-state index is 13.3. The Morgan fingerprint density at radius 3 is 2.67 bits per heavy atom. The van der Waals surface area contributed by atoms with E-state index >= 15 is 0 Å². The van der Waals surface area contributed by atoms with Gasteiger partial charge < -0.3 is 15.8 Å². The average molecular weight is 300 g/mol. The number of hydrogen-bond acceptors (Lipinski definition) is 3. The number of amides is 1. The Hall–Kier alpha value is -1.69. The molecule has 0 saturated heterocycles. The number of halogens is 2. The summed E-state index contributed by atoms with van der Waals surface area (Å²) in [6.45, 7) is 4.61. The van der Waals surface area contributed by atoms with Crippen molar-refractivity contribution in [3.8, 4) is 5.75 Å². The molecule has 0 saturated carbocycles. The molecule has 0 aliphatic rings. The normalized spacial score (nSPS) is 13.7. The molecular weight excluding hydrogens is 278 g/mol. The van der Waals surface area contributed by atoms with Crippen LogP contribution in [0, 0.1) is 11.6 Å². The Balaban J connectivity index is 2.35. The average Bonchev–Trinajstić information content (AvgIpc) is 2.40. The molecular formula is C15H22F2N2O2. The van der Waals surface area contributed by atoms with Crippen molar-refractivity contribution in [2.24, 2.45) is 5.73 Å². The van der Waals surface area contributed by atoms with Crippen molar-refractivity contribution in [1.29, 1.82) is 0 Å². The molecule has 0 aliphatic carbocycles. The first-order valence-corrected chi connectivity index (χ1v) is 7.02. The minimum absolute atomic E-state index is 0.0285. The number of carbonyl (C=O) groups is 1. The smallest absolute Gasteiger partial charge is 0.237 e. The molecule has 0 bridgehead atoms. The van der Waals surface area contributed by atoms with Gasteiger partial charge in [0.05, 0.1) is 12.1 Å². The molecule has 1 aromatic rings. The van der Waals surface area contributed by atoms with Crippen LogP contribution in [-0.2, 0) is 4.79 Å². The van der Waals surface area contributed by atoms with E-state index in [-0.39, 0.29) is 5.75 Å². The van der Waals surface area contributed by atoms with Gasteiger partial charge in [-0.05, 0) is 44.9 Å². The lowest BCUT2D eigenvalue weighted by atomic mass is 9.94. The lowest BCUT2D eigenvalue weighted by molar-refractivity contribution is -0.124. The van der Waals surface area contributed by atoms with Gasteiger partial charge in [0.15, 0.2) is 11.6 Å². The molecule has 1 amide bonds. The van der Waals surface area contributed by atoms with Crippen molar-refractivity contribution in [2.45, 2.75) is 38.6 Å². The zero-order valence-electron chi connectivity index (χ0n) is 12.4. The van der Waals surface area contributed by atoms with Crippen LogP contribution in [0.1, 0.15) is 33.1 Å². The van der Waals surface area contributed by atoms with Crippen LogP contribution < -0.4 is 15.8 Å². The summed E-state index contributed by atoms with van der Waals surface area (Å²) >= 11 is 0. The number of primary amides is 1. The van der Waals surface area contributed by atoms with Gasteiger partial charge in [-0.25, -0.2) is 8.78 Å². The molecule has 0 radical (unpaired) electrons. The maximum absolute atomic E-state index is 13.3. The van der Waals surface area contributed by atoms with Crippen molar-refractivity contribution >= 4 is 5.91 Å². The molecule has 118 valence electrons. The second-order valence-electron chi connectivity index (χ2n) is 5.11. The van der Waals surface area contributed by atoms with Gasteiger partial charge in [0.25, 0.3) is 0 Å². The molecule has 0 fully saturated rings. The number of rotatable bonds is 9. The number of nitrogens with two attached hydrogens (primary N) is 1. The standard InChI is InChI=1S/C15H22F2N2O2/c1-3-19-15(2,14(18)20)8-4-5-9-21-13-7-6-11(16)10-12(13)17/h6-7,10,19H,3-5,8-9H2,1-2H3,(H2,18,20). The molecule has 21 heavy (non-hydrogen) atoms. The predicted octanol–water partition coefficient (Wildman–Crippen LogP) is 2.37. The number of hydrogen-bond donors (Lipinski definition) is 2. The minimum atomic E-state index is -0.740. The van der Waals surface area contributed by atoms with Crippen LogP contribution in [-0.4, -0.2) is 24.6 Å². The summed E-state index contributed by atoms with van der Waals surface area (Å²) in [4.78, 5) is 11.4. The van der Waals surface area contributed by atoms with Crippen LogP contribution in [0.15, 0.2) is 18.2 Å². The van der Waals surface area contributed by atoms with Gasteiger partial charge in [-0.3, -0.25) is 4.79 Å². The highest BCUT2D eigenvalue weighted by atomic mass is 19.1. The lowest BCUT2D eigenvalue weighted by Crippen LogP contribution is -2.53. The van der Waals surface area contributed by atoms with Gasteiger partial charge in [0.2, 0.25) is 5.91 Å². The fourth-order valence-electron chi connectivity index (χ4n) is 2.04. The quantitative estimate of drug-likeness (QED) is 0.688. The van der Waals surface area contributed by atoms with Crippen LogP contribution in [0.4, 0.5) is 8.78 Å². The van der Waals surface area contributed by atoms with Crippen LogP contribution in [0.5, 0.6) is 5.75 Å². The zero-order valence-corrected chi connectivity index (χ0v) is 12.4. The van der Waals surface area contributed by atoms with E-state index in [9.17, 15) is 13.6 Å². The molecule has 0 aliphatic heterocycles.